The first-order valence-corrected chi connectivity index (χ1v) is 7.41. The van der Waals surface area contributed by atoms with E-state index in [0.717, 1.165) is 24.8 Å². The second-order valence-corrected chi connectivity index (χ2v) is 6.17. The third-order valence-corrected chi connectivity index (χ3v) is 4.21. The quantitative estimate of drug-likeness (QED) is 0.942. The Hall–Kier alpha value is -1.75. The number of benzene rings is 1. The van der Waals surface area contributed by atoms with Crippen LogP contribution in [0.2, 0.25) is 0 Å². The summed E-state index contributed by atoms with van der Waals surface area (Å²) in [6.07, 6.45) is 4.59. The fourth-order valence-corrected chi connectivity index (χ4v) is 3.10. The average molecular weight is 289 g/mol. The summed E-state index contributed by atoms with van der Waals surface area (Å²) in [4.78, 5) is 4.46. The Bertz CT molecular complexity index is 610. The van der Waals surface area contributed by atoms with E-state index in [0.29, 0.717) is 24.1 Å². The van der Waals surface area contributed by atoms with Gasteiger partial charge in [-0.2, -0.15) is 4.98 Å². The molecule has 2 atom stereocenters. The van der Waals surface area contributed by atoms with Gasteiger partial charge in [0, 0.05) is 0 Å². The molecule has 1 fully saturated rings. The highest BCUT2D eigenvalue weighted by atomic mass is 19.1. The van der Waals surface area contributed by atoms with Crippen LogP contribution in [-0.4, -0.2) is 10.1 Å². The van der Waals surface area contributed by atoms with Crippen LogP contribution >= 0.6 is 0 Å². The van der Waals surface area contributed by atoms with Crippen LogP contribution in [0.15, 0.2) is 28.8 Å². The molecule has 2 unspecified atom stereocenters. The lowest BCUT2D eigenvalue weighted by Gasteiger charge is -2.33. The monoisotopic (exact) mass is 289 g/mol. The third-order valence-electron chi connectivity index (χ3n) is 4.21. The van der Waals surface area contributed by atoms with Gasteiger partial charge in [0.15, 0.2) is 5.82 Å². The van der Waals surface area contributed by atoms with Crippen LogP contribution < -0.4 is 5.73 Å². The summed E-state index contributed by atoms with van der Waals surface area (Å²) >= 11 is 0. The Balaban J connectivity index is 1.75. The second kappa shape index (κ2) is 5.56. The van der Waals surface area contributed by atoms with Gasteiger partial charge in [-0.25, -0.2) is 4.39 Å². The molecule has 1 aromatic carbocycles. The first-order valence-electron chi connectivity index (χ1n) is 7.41. The largest absolute Gasteiger partial charge is 0.339 e. The molecule has 5 heteroatoms. The van der Waals surface area contributed by atoms with Crippen LogP contribution in [0.1, 0.15) is 49.9 Å². The van der Waals surface area contributed by atoms with E-state index < -0.39 is 5.54 Å². The fourth-order valence-electron chi connectivity index (χ4n) is 3.10. The summed E-state index contributed by atoms with van der Waals surface area (Å²) in [6, 6.07) is 6.31. The average Bonchev–Trinajstić information content (AvgIpc) is 2.90. The normalized spacial score (nSPS) is 26.0. The molecule has 1 saturated carbocycles. The standard InChI is InChI=1S/C16H20FN3O/c1-11-3-2-8-16(18,10-11)15-19-14(21-20-15)9-12-4-6-13(17)7-5-12/h4-7,11H,2-3,8-10,18H2,1H3. The molecule has 3 rings (SSSR count). The first-order chi connectivity index (χ1) is 10.0. The summed E-state index contributed by atoms with van der Waals surface area (Å²) < 4.78 is 18.2. The van der Waals surface area contributed by atoms with Crippen LogP contribution in [-0.2, 0) is 12.0 Å². The molecule has 112 valence electrons. The number of halogens is 1. The van der Waals surface area contributed by atoms with Crippen LogP contribution in [0.5, 0.6) is 0 Å². The van der Waals surface area contributed by atoms with Gasteiger partial charge in [-0.15, -0.1) is 0 Å². The van der Waals surface area contributed by atoms with Gasteiger partial charge < -0.3 is 10.3 Å². The summed E-state index contributed by atoms with van der Waals surface area (Å²) in [6.45, 7) is 2.21. The summed E-state index contributed by atoms with van der Waals surface area (Å²) in [5.74, 6) is 1.47. The third kappa shape index (κ3) is 3.13. The van der Waals surface area contributed by atoms with Crippen molar-refractivity contribution in [2.45, 2.75) is 44.6 Å². The summed E-state index contributed by atoms with van der Waals surface area (Å²) in [5.41, 5.74) is 6.93. The molecule has 0 spiro atoms. The number of aromatic nitrogens is 2. The van der Waals surface area contributed by atoms with Gasteiger partial charge >= 0.3 is 0 Å². The van der Waals surface area contributed by atoms with Gasteiger partial charge in [0.25, 0.3) is 0 Å². The first kappa shape index (κ1) is 14.2. The Labute approximate surface area is 123 Å². The van der Waals surface area contributed by atoms with Crippen LogP contribution in [0.3, 0.4) is 0 Å². The van der Waals surface area contributed by atoms with Gasteiger partial charge in [-0.1, -0.05) is 37.1 Å². The van der Waals surface area contributed by atoms with Crippen molar-refractivity contribution in [3.05, 3.63) is 47.4 Å². The van der Waals surface area contributed by atoms with Crippen molar-refractivity contribution in [3.8, 4) is 0 Å². The van der Waals surface area contributed by atoms with Gasteiger partial charge in [-0.3, -0.25) is 0 Å². The zero-order chi connectivity index (χ0) is 14.9. The Morgan fingerprint density at radius 2 is 2.14 bits per heavy atom. The van der Waals surface area contributed by atoms with E-state index in [-0.39, 0.29) is 5.82 Å². The van der Waals surface area contributed by atoms with E-state index in [1.807, 2.05) is 0 Å². The van der Waals surface area contributed by atoms with Gasteiger partial charge in [0.1, 0.15) is 5.82 Å². The molecule has 2 aromatic rings. The molecule has 4 nitrogen and oxygen atoms in total. The lowest BCUT2D eigenvalue weighted by molar-refractivity contribution is 0.221. The summed E-state index contributed by atoms with van der Waals surface area (Å²) in [5, 5.41) is 4.07. The van der Waals surface area contributed by atoms with Crippen molar-refractivity contribution in [2.75, 3.05) is 0 Å². The van der Waals surface area contributed by atoms with Crippen LogP contribution in [0.4, 0.5) is 4.39 Å². The summed E-state index contributed by atoms with van der Waals surface area (Å²) in [7, 11) is 0. The number of rotatable bonds is 3. The molecular formula is C16H20FN3O. The minimum absolute atomic E-state index is 0.248. The van der Waals surface area contributed by atoms with Crippen molar-refractivity contribution in [2.24, 2.45) is 11.7 Å². The molecule has 0 amide bonds. The molecule has 0 radical (unpaired) electrons. The maximum absolute atomic E-state index is 12.9. The van der Waals surface area contributed by atoms with Crippen molar-refractivity contribution >= 4 is 0 Å². The number of hydrogen-bond acceptors (Lipinski definition) is 4. The molecular weight excluding hydrogens is 269 g/mol. The highest BCUT2D eigenvalue weighted by Crippen LogP contribution is 2.36. The van der Waals surface area contributed by atoms with E-state index in [1.165, 1.54) is 18.6 Å². The maximum Gasteiger partial charge on any atom is 0.231 e. The topological polar surface area (TPSA) is 64.9 Å². The number of nitrogens with zero attached hydrogens (tertiary/aromatic N) is 2. The minimum atomic E-state index is -0.470. The van der Waals surface area contributed by atoms with E-state index in [9.17, 15) is 4.39 Å². The zero-order valence-corrected chi connectivity index (χ0v) is 12.2. The van der Waals surface area contributed by atoms with Crippen LogP contribution in [0, 0.1) is 11.7 Å². The molecule has 2 N–H and O–H groups in total. The molecule has 0 bridgehead atoms. The Morgan fingerprint density at radius 1 is 1.38 bits per heavy atom. The SMILES string of the molecule is CC1CCCC(N)(c2noc(Cc3ccc(F)cc3)n2)C1. The number of nitrogens with two attached hydrogens (primary N) is 1. The predicted octanol–water partition coefficient (Wildman–Crippen LogP) is 3.16. The molecule has 1 aliphatic carbocycles. The van der Waals surface area contributed by atoms with Gasteiger partial charge in [-0.05, 0) is 36.5 Å². The predicted molar refractivity (Wildman–Crippen MR) is 77.0 cm³/mol. The van der Waals surface area contributed by atoms with Crippen molar-refractivity contribution in [1.29, 1.82) is 0 Å². The lowest BCUT2D eigenvalue weighted by Crippen LogP contribution is -2.42. The molecule has 0 aliphatic heterocycles. The van der Waals surface area contributed by atoms with Crippen molar-refractivity contribution < 1.29 is 8.91 Å². The van der Waals surface area contributed by atoms with E-state index in [4.69, 9.17) is 10.3 Å². The van der Waals surface area contributed by atoms with Gasteiger partial charge in [0.2, 0.25) is 5.89 Å². The minimum Gasteiger partial charge on any atom is -0.339 e. The Morgan fingerprint density at radius 3 is 2.86 bits per heavy atom. The second-order valence-electron chi connectivity index (χ2n) is 6.17. The van der Waals surface area contributed by atoms with Crippen molar-refractivity contribution in [1.82, 2.24) is 10.1 Å². The lowest BCUT2D eigenvalue weighted by atomic mass is 9.76. The molecule has 21 heavy (non-hydrogen) atoms. The molecule has 1 aliphatic rings. The van der Waals surface area contributed by atoms with E-state index in [2.05, 4.69) is 17.1 Å². The molecule has 0 saturated heterocycles. The van der Waals surface area contributed by atoms with E-state index >= 15 is 0 Å². The highest BCUT2D eigenvalue weighted by Gasteiger charge is 2.36. The van der Waals surface area contributed by atoms with E-state index in [1.54, 1.807) is 12.1 Å². The smallest absolute Gasteiger partial charge is 0.231 e. The Kier molecular flexibility index (Phi) is 3.76. The van der Waals surface area contributed by atoms with Crippen LogP contribution in [0.25, 0.3) is 0 Å². The molecule has 1 heterocycles. The van der Waals surface area contributed by atoms with Gasteiger partial charge in [0.05, 0.1) is 12.0 Å². The van der Waals surface area contributed by atoms with Crippen molar-refractivity contribution in [3.63, 3.8) is 0 Å². The highest BCUT2D eigenvalue weighted by molar-refractivity contribution is 5.19. The fraction of sp³-hybridized carbons (Fsp3) is 0.500. The zero-order valence-electron chi connectivity index (χ0n) is 12.2. The maximum atomic E-state index is 12.9. The number of hydrogen-bond donors (Lipinski definition) is 1. The molecule has 1 aromatic heterocycles.